The number of nitrogen functional groups attached to an aromatic ring is 1. The Labute approximate surface area is 95.5 Å². The monoisotopic (exact) mass is 216 g/mol. The summed E-state index contributed by atoms with van der Waals surface area (Å²) in [4.78, 5) is 4.16. The number of rotatable bonds is 4. The summed E-state index contributed by atoms with van der Waals surface area (Å²) in [6.07, 6.45) is 3.77. The number of aromatic nitrogens is 1. The molecule has 4 nitrogen and oxygen atoms in total. The van der Waals surface area contributed by atoms with Crippen LogP contribution >= 0.6 is 0 Å². The second-order valence-corrected chi connectivity index (χ2v) is 4.45. The number of hydrogen-bond donors (Lipinski definition) is 2. The van der Waals surface area contributed by atoms with Crippen molar-refractivity contribution in [3.63, 3.8) is 0 Å². The van der Waals surface area contributed by atoms with Crippen LogP contribution in [0.5, 0.6) is 0 Å². The van der Waals surface area contributed by atoms with Gasteiger partial charge in [-0.15, -0.1) is 0 Å². The normalized spacial score (nSPS) is 16.5. The fourth-order valence-corrected chi connectivity index (χ4v) is 1.77. The van der Waals surface area contributed by atoms with Crippen LogP contribution in [0.1, 0.15) is 31.9 Å². The third-order valence-electron chi connectivity index (χ3n) is 3.38. The Morgan fingerprint density at radius 3 is 2.88 bits per heavy atom. The van der Waals surface area contributed by atoms with E-state index >= 15 is 0 Å². The van der Waals surface area contributed by atoms with Gasteiger partial charge >= 0.3 is 0 Å². The predicted molar refractivity (Wildman–Crippen MR) is 63.8 cm³/mol. The van der Waals surface area contributed by atoms with Crippen LogP contribution in [-0.2, 0) is 0 Å². The minimum atomic E-state index is 0.298. The fraction of sp³-hybridized carbons (Fsp3) is 0.500. The highest BCUT2D eigenvalue weighted by Gasteiger charge is 2.40. The van der Waals surface area contributed by atoms with Gasteiger partial charge < -0.3 is 11.1 Å². The number of nitrogens with two attached hydrogens (primary N) is 1. The van der Waals surface area contributed by atoms with Crippen molar-refractivity contribution in [2.75, 3.05) is 17.6 Å². The van der Waals surface area contributed by atoms with Crippen LogP contribution in [0.4, 0.5) is 11.5 Å². The molecule has 84 valence electrons. The number of anilines is 2. The molecular formula is C12H16N4. The first kappa shape index (κ1) is 10.7. The molecule has 1 heterocycles. The molecule has 0 spiro atoms. The quantitative estimate of drug-likeness (QED) is 0.808. The van der Waals surface area contributed by atoms with Gasteiger partial charge in [0.1, 0.15) is 11.9 Å². The molecule has 0 amide bonds. The van der Waals surface area contributed by atoms with Crippen LogP contribution in [0.3, 0.4) is 0 Å². The van der Waals surface area contributed by atoms with Gasteiger partial charge in [0.05, 0.1) is 5.69 Å². The van der Waals surface area contributed by atoms with Crippen molar-refractivity contribution in [1.29, 1.82) is 5.26 Å². The van der Waals surface area contributed by atoms with E-state index in [0.717, 1.165) is 12.4 Å². The van der Waals surface area contributed by atoms with E-state index in [9.17, 15) is 0 Å². The number of hydrogen-bond acceptors (Lipinski definition) is 4. The lowest BCUT2D eigenvalue weighted by Gasteiger charge is -2.14. The van der Waals surface area contributed by atoms with Crippen LogP contribution in [0.15, 0.2) is 12.1 Å². The van der Waals surface area contributed by atoms with Crippen LogP contribution in [0, 0.1) is 16.7 Å². The van der Waals surface area contributed by atoms with E-state index in [4.69, 9.17) is 11.0 Å². The molecule has 1 aromatic heterocycles. The van der Waals surface area contributed by atoms with Crippen molar-refractivity contribution in [1.82, 2.24) is 4.98 Å². The van der Waals surface area contributed by atoms with Crippen molar-refractivity contribution in [2.45, 2.75) is 26.2 Å². The van der Waals surface area contributed by atoms with Crippen molar-refractivity contribution < 1.29 is 0 Å². The van der Waals surface area contributed by atoms with Crippen LogP contribution in [0.2, 0.25) is 0 Å². The zero-order chi connectivity index (χ0) is 11.6. The molecule has 0 aromatic carbocycles. The Morgan fingerprint density at radius 2 is 2.31 bits per heavy atom. The van der Waals surface area contributed by atoms with Gasteiger partial charge in [-0.2, -0.15) is 5.26 Å². The number of nitrogens with zero attached hydrogens (tertiary/aromatic N) is 2. The number of nitrogens with one attached hydrogen (secondary N) is 1. The molecule has 1 aliphatic rings. The maximum absolute atomic E-state index is 8.81. The minimum absolute atomic E-state index is 0.298. The van der Waals surface area contributed by atoms with Crippen LogP contribution in [-0.4, -0.2) is 11.5 Å². The van der Waals surface area contributed by atoms with E-state index in [-0.39, 0.29) is 0 Å². The van der Waals surface area contributed by atoms with E-state index in [1.165, 1.54) is 19.3 Å². The summed E-state index contributed by atoms with van der Waals surface area (Å²) in [6, 6.07) is 5.53. The molecule has 1 aliphatic carbocycles. The summed E-state index contributed by atoms with van der Waals surface area (Å²) in [6.45, 7) is 3.15. The van der Waals surface area contributed by atoms with Crippen molar-refractivity contribution >= 4 is 11.5 Å². The molecule has 0 radical (unpaired) electrons. The Hall–Kier alpha value is -1.76. The molecule has 0 aliphatic heterocycles. The summed E-state index contributed by atoms with van der Waals surface area (Å²) >= 11 is 0. The average Bonchev–Trinajstić information content (AvgIpc) is 3.09. The Kier molecular flexibility index (Phi) is 2.69. The molecule has 16 heavy (non-hydrogen) atoms. The van der Waals surface area contributed by atoms with Crippen LogP contribution in [0.25, 0.3) is 0 Å². The van der Waals surface area contributed by atoms with Gasteiger partial charge in [-0.3, -0.25) is 0 Å². The second-order valence-electron chi connectivity index (χ2n) is 4.45. The molecule has 4 heteroatoms. The van der Waals surface area contributed by atoms with Gasteiger partial charge in [0.25, 0.3) is 0 Å². The lowest BCUT2D eigenvalue weighted by atomic mass is 10.0. The standard InChI is InChI=1S/C12H16N4/c1-2-12(5-6-12)8-15-11-4-3-9(14)10(7-13)16-11/h3-4H,2,5-6,8,14H2,1H3,(H,15,16). The van der Waals surface area contributed by atoms with Crippen molar-refractivity contribution in [3.05, 3.63) is 17.8 Å². The highest BCUT2D eigenvalue weighted by Crippen LogP contribution is 2.48. The molecule has 3 N–H and O–H groups in total. The van der Waals surface area contributed by atoms with Gasteiger partial charge in [0, 0.05) is 6.54 Å². The summed E-state index contributed by atoms with van der Waals surface area (Å²) in [5, 5.41) is 12.1. The van der Waals surface area contributed by atoms with Gasteiger partial charge in [-0.05, 0) is 36.8 Å². The SMILES string of the molecule is CCC1(CNc2ccc(N)c(C#N)n2)CC1. The molecule has 0 unspecified atom stereocenters. The molecule has 0 atom stereocenters. The minimum Gasteiger partial charge on any atom is -0.396 e. The zero-order valence-corrected chi connectivity index (χ0v) is 9.45. The maximum Gasteiger partial charge on any atom is 0.165 e. The Bertz CT molecular complexity index is 429. The third-order valence-corrected chi connectivity index (χ3v) is 3.38. The fourth-order valence-electron chi connectivity index (χ4n) is 1.77. The molecule has 1 aromatic rings. The number of nitriles is 1. The first-order valence-electron chi connectivity index (χ1n) is 5.60. The van der Waals surface area contributed by atoms with Gasteiger partial charge in [-0.1, -0.05) is 6.92 Å². The summed E-state index contributed by atoms with van der Waals surface area (Å²) < 4.78 is 0. The van der Waals surface area contributed by atoms with Crippen molar-refractivity contribution in [2.24, 2.45) is 5.41 Å². The second kappa shape index (κ2) is 4.01. The summed E-state index contributed by atoms with van der Waals surface area (Å²) in [7, 11) is 0. The van der Waals surface area contributed by atoms with E-state index < -0.39 is 0 Å². The predicted octanol–water partition coefficient (Wildman–Crippen LogP) is 2.14. The highest BCUT2D eigenvalue weighted by molar-refractivity contribution is 5.54. The first-order valence-corrected chi connectivity index (χ1v) is 5.60. The smallest absolute Gasteiger partial charge is 0.165 e. The average molecular weight is 216 g/mol. The molecular weight excluding hydrogens is 200 g/mol. The Morgan fingerprint density at radius 1 is 1.56 bits per heavy atom. The van der Waals surface area contributed by atoms with Gasteiger partial charge in [-0.25, -0.2) is 4.98 Å². The molecule has 1 fully saturated rings. The van der Waals surface area contributed by atoms with E-state index in [1.807, 2.05) is 12.1 Å². The highest BCUT2D eigenvalue weighted by atomic mass is 15.0. The largest absolute Gasteiger partial charge is 0.396 e. The first-order chi connectivity index (χ1) is 7.69. The summed E-state index contributed by atoms with van der Waals surface area (Å²) in [5.41, 5.74) is 6.81. The molecule has 0 bridgehead atoms. The maximum atomic E-state index is 8.81. The van der Waals surface area contributed by atoms with Gasteiger partial charge in [0.2, 0.25) is 0 Å². The van der Waals surface area contributed by atoms with Crippen molar-refractivity contribution in [3.8, 4) is 6.07 Å². The van der Waals surface area contributed by atoms with Crippen LogP contribution < -0.4 is 11.1 Å². The lowest BCUT2D eigenvalue weighted by molar-refractivity contribution is 0.521. The van der Waals surface area contributed by atoms with E-state index in [0.29, 0.717) is 16.8 Å². The topological polar surface area (TPSA) is 74.7 Å². The molecule has 0 saturated heterocycles. The summed E-state index contributed by atoms with van der Waals surface area (Å²) in [5.74, 6) is 0.741. The zero-order valence-electron chi connectivity index (χ0n) is 9.45. The van der Waals surface area contributed by atoms with E-state index in [1.54, 1.807) is 6.07 Å². The van der Waals surface area contributed by atoms with Gasteiger partial charge in [0.15, 0.2) is 5.69 Å². The lowest BCUT2D eigenvalue weighted by Crippen LogP contribution is -2.15. The Balaban J connectivity index is 2.03. The number of pyridine rings is 1. The molecule has 1 saturated carbocycles. The van der Waals surface area contributed by atoms with E-state index in [2.05, 4.69) is 17.2 Å². The molecule has 2 rings (SSSR count). The third kappa shape index (κ3) is 2.08.